The first-order valence-corrected chi connectivity index (χ1v) is 7.61. The quantitative estimate of drug-likeness (QED) is 0.829. The van der Waals surface area contributed by atoms with Crippen LogP contribution in [0, 0.1) is 13.8 Å². The summed E-state index contributed by atoms with van der Waals surface area (Å²) >= 11 is 12.3. The van der Waals surface area contributed by atoms with Gasteiger partial charge < -0.3 is 10.5 Å². The number of halogens is 2. The largest absolute Gasteiger partial charge is 0.455 e. The van der Waals surface area contributed by atoms with E-state index in [2.05, 4.69) is 0 Å². The monoisotopic (exact) mass is 323 g/mol. The fourth-order valence-electron chi connectivity index (χ4n) is 2.29. The van der Waals surface area contributed by atoms with Crippen molar-refractivity contribution in [2.75, 3.05) is 0 Å². The van der Waals surface area contributed by atoms with E-state index < -0.39 is 0 Å². The Kier molecular flexibility index (Phi) is 5.15. The number of ether oxygens (including phenoxy) is 1. The van der Waals surface area contributed by atoms with Crippen molar-refractivity contribution >= 4 is 23.2 Å². The molecule has 112 valence electrons. The highest BCUT2D eigenvalue weighted by atomic mass is 35.5. The van der Waals surface area contributed by atoms with E-state index in [1.54, 1.807) is 0 Å². The van der Waals surface area contributed by atoms with Crippen molar-refractivity contribution in [2.45, 2.75) is 33.2 Å². The van der Waals surface area contributed by atoms with Crippen LogP contribution >= 0.6 is 23.2 Å². The second-order valence-corrected chi connectivity index (χ2v) is 6.26. The molecule has 2 rings (SSSR count). The SMILES string of the molecule is Cc1cc(Cl)cc(C)c1Oc1ccc(CC(C)N)cc1Cl. The van der Waals surface area contributed by atoms with Crippen LogP contribution in [0.25, 0.3) is 0 Å². The normalized spacial score (nSPS) is 12.3. The fourth-order valence-corrected chi connectivity index (χ4v) is 2.86. The zero-order chi connectivity index (χ0) is 15.6. The predicted octanol–water partition coefficient (Wildman–Crippen LogP) is 5.29. The summed E-state index contributed by atoms with van der Waals surface area (Å²) in [6.45, 7) is 5.90. The van der Waals surface area contributed by atoms with E-state index in [1.165, 1.54) is 0 Å². The molecule has 0 spiro atoms. The summed E-state index contributed by atoms with van der Waals surface area (Å²) in [6, 6.07) is 9.64. The molecule has 0 aliphatic carbocycles. The zero-order valence-corrected chi connectivity index (χ0v) is 13.9. The average molecular weight is 324 g/mol. The van der Waals surface area contributed by atoms with E-state index >= 15 is 0 Å². The minimum absolute atomic E-state index is 0.105. The fraction of sp³-hybridized carbons (Fsp3) is 0.294. The van der Waals surface area contributed by atoms with Crippen LogP contribution in [0.1, 0.15) is 23.6 Å². The van der Waals surface area contributed by atoms with Gasteiger partial charge in [0.15, 0.2) is 0 Å². The third kappa shape index (κ3) is 4.13. The Morgan fingerprint density at radius 3 is 2.24 bits per heavy atom. The Morgan fingerprint density at radius 2 is 1.71 bits per heavy atom. The topological polar surface area (TPSA) is 35.2 Å². The third-order valence-electron chi connectivity index (χ3n) is 3.19. The minimum atomic E-state index is 0.105. The molecule has 0 saturated carbocycles. The van der Waals surface area contributed by atoms with E-state index in [4.69, 9.17) is 33.7 Å². The molecule has 4 heteroatoms. The van der Waals surface area contributed by atoms with Crippen LogP contribution in [0.2, 0.25) is 10.0 Å². The van der Waals surface area contributed by atoms with Crippen molar-refractivity contribution in [3.05, 3.63) is 57.1 Å². The maximum absolute atomic E-state index is 6.31. The lowest BCUT2D eigenvalue weighted by atomic mass is 10.1. The molecule has 0 saturated heterocycles. The molecule has 1 unspecified atom stereocenters. The van der Waals surface area contributed by atoms with E-state index in [0.29, 0.717) is 15.8 Å². The van der Waals surface area contributed by atoms with Crippen LogP contribution in [-0.4, -0.2) is 6.04 Å². The zero-order valence-electron chi connectivity index (χ0n) is 12.4. The molecule has 0 bridgehead atoms. The van der Waals surface area contributed by atoms with E-state index in [1.807, 2.05) is 51.1 Å². The van der Waals surface area contributed by atoms with Gasteiger partial charge in [-0.05, 0) is 68.1 Å². The molecule has 2 N–H and O–H groups in total. The lowest BCUT2D eigenvalue weighted by Gasteiger charge is -2.14. The Bertz CT molecular complexity index is 630. The maximum Gasteiger partial charge on any atom is 0.146 e. The van der Waals surface area contributed by atoms with Crippen LogP contribution in [0.3, 0.4) is 0 Å². The molecular weight excluding hydrogens is 305 g/mol. The number of benzene rings is 2. The summed E-state index contributed by atoms with van der Waals surface area (Å²) in [4.78, 5) is 0. The molecule has 0 aliphatic rings. The van der Waals surface area contributed by atoms with Crippen molar-refractivity contribution in [2.24, 2.45) is 5.73 Å². The molecule has 0 amide bonds. The highest BCUT2D eigenvalue weighted by Gasteiger charge is 2.10. The van der Waals surface area contributed by atoms with Gasteiger partial charge in [0.2, 0.25) is 0 Å². The van der Waals surface area contributed by atoms with Gasteiger partial charge in [0.05, 0.1) is 5.02 Å². The number of aryl methyl sites for hydroxylation is 2. The summed E-state index contributed by atoms with van der Waals surface area (Å²) in [5.74, 6) is 1.43. The highest BCUT2D eigenvalue weighted by Crippen LogP contribution is 2.35. The van der Waals surface area contributed by atoms with Crippen molar-refractivity contribution < 1.29 is 4.74 Å². The molecule has 0 aliphatic heterocycles. The van der Waals surface area contributed by atoms with Crippen molar-refractivity contribution in [1.29, 1.82) is 0 Å². The summed E-state index contributed by atoms with van der Waals surface area (Å²) in [5, 5.41) is 1.29. The molecule has 2 nitrogen and oxygen atoms in total. The molecule has 1 atom stereocenters. The summed E-state index contributed by atoms with van der Waals surface area (Å²) < 4.78 is 5.96. The van der Waals surface area contributed by atoms with Gasteiger partial charge in [-0.15, -0.1) is 0 Å². The van der Waals surface area contributed by atoms with Crippen molar-refractivity contribution in [3.63, 3.8) is 0 Å². The number of hydrogen-bond acceptors (Lipinski definition) is 2. The number of hydrogen-bond donors (Lipinski definition) is 1. The third-order valence-corrected chi connectivity index (χ3v) is 3.70. The Balaban J connectivity index is 2.28. The molecule has 0 radical (unpaired) electrons. The predicted molar refractivity (Wildman–Crippen MR) is 89.8 cm³/mol. The highest BCUT2D eigenvalue weighted by molar-refractivity contribution is 6.32. The Hall–Kier alpha value is -1.22. The van der Waals surface area contributed by atoms with Crippen LogP contribution in [-0.2, 0) is 6.42 Å². The second kappa shape index (κ2) is 6.69. The lowest BCUT2D eigenvalue weighted by molar-refractivity contribution is 0.475. The summed E-state index contributed by atoms with van der Waals surface area (Å²) in [5.41, 5.74) is 8.87. The molecule has 0 fully saturated rings. The molecular formula is C17H19Cl2NO. The average Bonchev–Trinajstić information content (AvgIpc) is 2.35. The van der Waals surface area contributed by atoms with Gasteiger partial charge in [0.1, 0.15) is 11.5 Å². The molecule has 2 aromatic carbocycles. The first kappa shape index (κ1) is 16.2. The molecule has 2 aromatic rings. The minimum Gasteiger partial charge on any atom is -0.455 e. The van der Waals surface area contributed by atoms with Crippen LogP contribution < -0.4 is 10.5 Å². The number of rotatable bonds is 4. The van der Waals surface area contributed by atoms with Crippen LogP contribution in [0.4, 0.5) is 0 Å². The van der Waals surface area contributed by atoms with Crippen molar-refractivity contribution in [1.82, 2.24) is 0 Å². The van der Waals surface area contributed by atoms with Gasteiger partial charge in [-0.3, -0.25) is 0 Å². The van der Waals surface area contributed by atoms with Crippen LogP contribution in [0.15, 0.2) is 30.3 Å². The van der Waals surface area contributed by atoms with Crippen LogP contribution in [0.5, 0.6) is 11.5 Å². The summed E-state index contributed by atoms with van der Waals surface area (Å²) in [7, 11) is 0. The molecule has 0 heterocycles. The summed E-state index contributed by atoms with van der Waals surface area (Å²) in [6.07, 6.45) is 0.791. The first-order chi connectivity index (χ1) is 9.86. The van der Waals surface area contributed by atoms with Gasteiger partial charge in [-0.1, -0.05) is 29.3 Å². The van der Waals surface area contributed by atoms with Gasteiger partial charge in [-0.2, -0.15) is 0 Å². The standard InChI is InChI=1S/C17H19Cl2NO/c1-10-6-14(18)7-11(2)17(10)21-16-5-4-13(8-12(3)20)9-15(16)19/h4-7,9,12H,8,20H2,1-3H3. The maximum atomic E-state index is 6.31. The number of nitrogens with two attached hydrogens (primary N) is 1. The first-order valence-electron chi connectivity index (χ1n) is 6.85. The molecule has 0 aromatic heterocycles. The Labute approximate surface area is 135 Å². The molecule has 21 heavy (non-hydrogen) atoms. The smallest absolute Gasteiger partial charge is 0.146 e. The van der Waals surface area contributed by atoms with E-state index in [9.17, 15) is 0 Å². The van der Waals surface area contributed by atoms with Gasteiger partial charge >= 0.3 is 0 Å². The van der Waals surface area contributed by atoms with E-state index in [-0.39, 0.29) is 6.04 Å². The lowest BCUT2D eigenvalue weighted by Crippen LogP contribution is -2.17. The van der Waals surface area contributed by atoms with E-state index in [0.717, 1.165) is 28.9 Å². The Morgan fingerprint density at radius 1 is 1.10 bits per heavy atom. The van der Waals surface area contributed by atoms with Gasteiger partial charge in [0, 0.05) is 11.1 Å². The van der Waals surface area contributed by atoms with Gasteiger partial charge in [0.25, 0.3) is 0 Å². The van der Waals surface area contributed by atoms with Gasteiger partial charge in [-0.25, -0.2) is 0 Å². The van der Waals surface area contributed by atoms with Crippen molar-refractivity contribution in [3.8, 4) is 11.5 Å². The second-order valence-electron chi connectivity index (χ2n) is 5.42.